The fourth-order valence-corrected chi connectivity index (χ4v) is 2.75. The second-order valence-corrected chi connectivity index (χ2v) is 6.06. The van der Waals surface area contributed by atoms with E-state index >= 15 is 0 Å². The van der Waals surface area contributed by atoms with E-state index in [2.05, 4.69) is 4.57 Å². The third-order valence-corrected chi connectivity index (χ3v) is 4.19. The molecule has 0 saturated heterocycles. The van der Waals surface area contributed by atoms with Crippen molar-refractivity contribution >= 4 is 29.0 Å². The first-order valence-corrected chi connectivity index (χ1v) is 7.96. The van der Waals surface area contributed by atoms with E-state index in [0.29, 0.717) is 34.5 Å². The molecule has 0 unspecified atom stereocenters. The van der Waals surface area contributed by atoms with Crippen LogP contribution < -0.4 is 4.74 Å². The second-order valence-electron chi connectivity index (χ2n) is 5.22. The van der Waals surface area contributed by atoms with E-state index in [-0.39, 0.29) is 12.4 Å². The van der Waals surface area contributed by atoms with Gasteiger partial charge in [-0.05, 0) is 32.0 Å². The van der Waals surface area contributed by atoms with E-state index in [1.54, 1.807) is 25.3 Å². The monoisotopic (exact) mass is 355 g/mol. The SMILES string of the molecule is COCCn1c(C)cc(C(=O)COc2cc(Cl)ccc2Cl)c1C. The molecule has 1 aromatic carbocycles. The number of ether oxygens (including phenoxy) is 2. The topological polar surface area (TPSA) is 40.5 Å². The lowest BCUT2D eigenvalue weighted by Crippen LogP contribution is -2.14. The molecule has 0 spiro atoms. The van der Waals surface area contributed by atoms with Crippen molar-refractivity contribution in [3.05, 3.63) is 51.3 Å². The first-order valence-electron chi connectivity index (χ1n) is 7.20. The maximum absolute atomic E-state index is 12.4. The smallest absolute Gasteiger partial charge is 0.202 e. The van der Waals surface area contributed by atoms with Crippen LogP contribution in [0.15, 0.2) is 24.3 Å². The van der Waals surface area contributed by atoms with Crippen molar-refractivity contribution in [3.63, 3.8) is 0 Å². The Hall–Kier alpha value is -1.49. The third kappa shape index (κ3) is 4.28. The molecular formula is C17H19Cl2NO3. The quantitative estimate of drug-likeness (QED) is 0.694. The van der Waals surface area contributed by atoms with Gasteiger partial charge in [0.2, 0.25) is 5.78 Å². The van der Waals surface area contributed by atoms with Crippen molar-refractivity contribution in [2.45, 2.75) is 20.4 Å². The van der Waals surface area contributed by atoms with Crippen molar-refractivity contribution in [1.29, 1.82) is 0 Å². The molecule has 0 N–H and O–H groups in total. The van der Waals surface area contributed by atoms with Crippen LogP contribution in [0.2, 0.25) is 10.0 Å². The van der Waals surface area contributed by atoms with Gasteiger partial charge in [0, 0.05) is 41.7 Å². The summed E-state index contributed by atoms with van der Waals surface area (Å²) in [4.78, 5) is 12.4. The lowest BCUT2D eigenvalue weighted by atomic mass is 10.1. The average molecular weight is 356 g/mol. The number of carbonyl (C=O) groups is 1. The zero-order valence-corrected chi connectivity index (χ0v) is 14.9. The van der Waals surface area contributed by atoms with Gasteiger partial charge in [-0.3, -0.25) is 4.79 Å². The summed E-state index contributed by atoms with van der Waals surface area (Å²) >= 11 is 11.9. The van der Waals surface area contributed by atoms with Gasteiger partial charge in [-0.2, -0.15) is 0 Å². The van der Waals surface area contributed by atoms with E-state index in [1.807, 2.05) is 19.9 Å². The molecule has 0 aliphatic rings. The van der Waals surface area contributed by atoms with Crippen molar-refractivity contribution in [2.75, 3.05) is 20.3 Å². The fourth-order valence-electron chi connectivity index (χ4n) is 2.42. The van der Waals surface area contributed by atoms with Crippen molar-refractivity contribution in [1.82, 2.24) is 4.57 Å². The molecule has 2 rings (SSSR count). The maximum Gasteiger partial charge on any atom is 0.202 e. The molecule has 0 aliphatic carbocycles. The second kappa shape index (κ2) is 7.86. The van der Waals surface area contributed by atoms with Crippen LogP contribution in [0.3, 0.4) is 0 Å². The molecule has 6 heteroatoms. The predicted molar refractivity (Wildman–Crippen MR) is 92.1 cm³/mol. The van der Waals surface area contributed by atoms with Crippen LogP contribution in [0.25, 0.3) is 0 Å². The predicted octanol–water partition coefficient (Wildman–Crippen LogP) is 4.32. The van der Waals surface area contributed by atoms with E-state index in [0.717, 1.165) is 11.4 Å². The number of benzene rings is 1. The molecule has 23 heavy (non-hydrogen) atoms. The Balaban J connectivity index is 2.10. The molecule has 0 atom stereocenters. The van der Waals surface area contributed by atoms with E-state index in [4.69, 9.17) is 32.7 Å². The Morgan fingerprint density at radius 2 is 1.96 bits per heavy atom. The number of hydrogen-bond acceptors (Lipinski definition) is 3. The highest BCUT2D eigenvalue weighted by molar-refractivity contribution is 6.34. The summed E-state index contributed by atoms with van der Waals surface area (Å²) in [6, 6.07) is 6.78. The molecule has 2 aromatic rings. The molecule has 4 nitrogen and oxygen atoms in total. The van der Waals surface area contributed by atoms with Crippen molar-refractivity contribution < 1.29 is 14.3 Å². The summed E-state index contributed by atoms with van der Waals surface area (Å²) in [5.41, 5.74) is 2.57. The van der Waals surface area contributed by atoms with Gasteiger partial charge in [0.15, 0.2) is 6.61 Å². The number of rotatable bonds is 7. The standard InChI is InChI=1S/C17H19Cl2NO3/c1-11-8-14(12(2)20(11)6-7-22-3)16(21)10-23-17-9-13(18)4-5-15(17)19/h4-5,8-9H,6-7,10H2,1-3H3. The number of hydrogen-bond donors (Lipinski definition) is 0. The Kier molecular flexibility index (Phi) is 6.10. The minimum Gasteiger partial charge on any atom is -0.484 e. The van der Waals surface area contributed by atoms with Crippen LogP contribution in [0.4, 0.5) is 0 Å². The highest BCUT2D eigenvalue weighted by atomic mass is 35.5. The van der Waals surface area contributed by atoms with Crippen LogP contribution in [0, 0.1) is 13.8 Å². The van der Waals surface area contributed by atoms with Gasteiger partial charge in [-0.25, -0.2) is 0 Å². The summed E-state index contributed by atoms with van der Waals surface area (Å²) in [6.45, 7) is 5.10. The first kappa shape index (κ1) is 17.9. The number of aryl methyl sites for hydroxylation is 1. The fraction of sp³-hybridized carbons (Fsp3) is 0.353. The van der Waals surface area contributed by atoms with Gasteiger partial charge in [0.25, 0.3) is 0 Å². The molecule has 0 aliphatic heterocycles. The Morgan fingerprint density at radius 3 is 2.65 bits per heavy atom. The minimum absolute atomic E-state index is 0.0887. The molecule has 0 saturated carbocycles. The highest BCUT2D eigenvalue weighted by Gasteiger charge is 2.16. The van der Waals surface area contributed by atoms with Gasteiger partial charge in [-0.15, -0.1) is 0 Å². The molecule has 124 valence electrons. The third-order valence-electron chi connectivity index (χ3n) is 3.65. The summed E-state index contributed by atoms with van der Waals surface area (Å²) in [5.74, 6) is 0.304. The number of carbonyl (C=O) groups excluding carboxylic acids is 1. The van der Waals surface area contributed by atoms with Gasteiger partial charge >= 0.3 is 0 Å². The van der Waals surface area contributed by atoms with E-state index in [1.165, 1.54) is 0 Å². The maximum atomic E-state index is 12.4. The number of methoxy groups -OCH3 is 1. The van der Waals surface area contributed by atoms with Crippen LogP contribution >= 0.6 is 23.2 Å². The molecule has 1 aromatic heterocycles. The van der Waals surface area contributed by atoms with Gasteiger partial charge in [0.1, 0.15) is 5.75 Å². The van der Waals surface area contributed by atoms with Crippen molar-refractivity contribution in [3.8, 4) is 5.75 Å². The summed E-state index contributed by atoms with van der Waals surface area (Å²) in [6.07, 6.45) is 0. The zero-order chi connectivity index (χ0) is 17.0. The molecule has 0 bridgehead atoms. The summed E-state index contributed by atoms with van der Waals surface area (Å²) in [5, 5.41) is 0.933. The average Bonchev–Trinajstić information content (AvgIpc) is 2.80. The summed E-state index contributed by atoms with van der Waals surface area (Å²) in [7, 11) is 1.66. The Morgan fingerprint density at radius 1 is 1.22 bits per heavy atom. The number of Topliss-reactive ketones (excluding diaryl/α,β-unsaturated/α-hetero) is 1. The normalized spacial score (nSPS) is 10.8. The molecule has 0 fully saturated rings. The Bertz CT molecular complexity index is 710. The van der Waals surface area contributed by atoms with Gasteiger partial charge in [-0.1, -0.05) is 23.2 Å². The van der Waals surface area contributed by atoms with Crippen LogP contribution in [-0.2, 0) is 11.3 Å². The molecule has 1 heterocycles. The zero-order valence-electron chi connectivity index (χ0n) is 13.4. The highest BCUT2D eigenvalue weighted by Crippen LogP contribution is 2.28. The first-order chi connectivity index (χ1) is 10.9. The number of ketones is 1. The van der Waals surface area contributed by atoms with Crippen molar-refractivity contribution in [2.24, 2.45) is 0 Å². The van der Waals surface area contributed by atoms with E-state index in [9.17, 15) is 4.79 Å². The summed E-state index contributed by atoms with van der Waals surface area (Å²) < 4.78 is 12.7. The lowest BCUT2D eigenvalue weighted by molar-refractivity contribution is 0.0920. The minimum atomic E-state index is -0.0993. The molecule has 0 amide bonds. The number of halogens is 2. The Labute approximate surface area is 145 Å². The van der Waals surface area contributed by atoms with Crippen LogP contribution in [-0.4, -0.2) is 30.7 Å². The van der Waals surface area contributed by atoms with Gasteiger partial charge < -0.3 is 14.0 Å². The largest absolute Gasteiger partial charge is 0.484 e. The lowest BCUT2D eigenvalue weighted by Gasteiger charge is -2.10. The van der Waals surface area contributed by atoms with Crippen LogP contribution in [0.1, 0.15) is 21.7 Å². The van der Waals surface area contributed by atoms with E-state index < -0.39 is 0 Å². The molecule has 0 radical (unpaired) electrons. The number of aromatic nitrogens is 1. The van der Waals surface area contributed by atoms with Gasteiger partial charge in [0.05, 0.1) is 11.6 Å². The number of nitrogens with zero attached hydrogens (tertiary/aromatic N) is 1. The molecular weight excluding hydrogens is 337 g/mol. The van der Waals surface area contributed by atoms with Crippen LogP contribution in [0.5, 0.6) is 5.75 Å².